The summed E-state index contributed by atoms with van der Waals surface area (Å²) in [6, 6.07) is 9.52. The molecule has 3 aromatic heterocycles. The zero-order valence-corrected chi connectivity index (χ0v) is 17.2. The first-order valence-corrected chi connectivity index (χ1v) is 9.93. The Morgan fingerprint density at radius 2 is 1.94 bits per heavy atom. The maximum Gasteiger partial charge on any atom is 0.276 e. The number of rotatable bonds is 7. The first kappa shape index (κ1) is 21.0. The number of carbonyl (C=O) groups excluding carboxylic acids is 1. The fourth-order valence-electron chi connectivity index (χ4n) is 3.13. The number of hydrogen-bond donors (Lipinski definition) is 3. The number of pyridine rings is 1. The van der Waals surface area contributed by atoms with Gasteiger partial charge in [0.1, 0.15) is 17.0 Å². The normalized spacial score (nSPS) is 10.8. The van der Waals surface area contributed by atoms with Gasteiger partial charge in [-0.1, -0.05) is 12.1 Å². The molecule has 0 aliphatic heterocycles. The van der Waals surface area contributed by atoms with E-state index in [0.29, 0.717) is 36.3 Å². The molecule has 0 fully saturated rings. The highest BCUT2D eigenvalue weighted by Crippen LogP contribution is 2.18. The van der Waals surface area contributed by atoms with E-state index < -0.39 is 5.56 Å². The summed E-state index contributed by atoms with van der Waals surface area (Å²) in [4.78, 5) is 44.2. The van der Waals surface area contributed by atoms with E-state index in [1.165, 1.54) is 19.1 Å². The molecular weight excluding hydrogens is 413 g/mol. The number of aromatic amines is 1. The molecule has 9 nitrogen and oxygen atoms in total. The molecule has 162 valence electrons. The molecule has 0 radical (unpaired) electrons. The van der Waals surface area contributed by atoms with Crippen molar-refractivity contribution in [2.45, 2.75) is 19.9 Å². The Morgan fingerprint density at radius 3 is 2.66 bits per heavy atom. The van der Waals surface area contributed by atoms with E-state index in [2.05, 4.69) is 35.6 Å². The molecule has 0 saturated carbocycles. The van der Waals surface area contributed by atoms with Gasteiger partial charge in [0.25, 0.3) is 5.56 Å². The summed E-state index contributed by atoms with van der Waals surface area (Å²) < 4.78 is 13.1. The minimum Gasteiger partial charge on any atom is -0.356 e. The van der Waals surface area contributed by atoms with Crippen molar-refractivity contribution in [3.8, 4) is 11.3 Å². The summed E-state index contributed by atoms with van der Waals surface area (Å²) in [5.74, 6) is -0.189. The van der Waals surface area contributed by atoms with Gasteiger partial charge in [0.2, 0.25) is 11.9 Å². The van der Waals surface area contributed by atoms with Crippen LogP contribution in [0.4, 0.5) is 10.3 Å². The summed E-state index contributed by atoms with van der Waals surface area (Å²) in [5.41, 5.74) is 2.49. The lowest BCUT2D eigenvalue weighted by molar-refractivity contribution is -0.118. The van der Waals surface area contributed by atoms with Gasteiger partial charge in [0.15, 0.2) is 5.65 Å². The molecule has 1 amide bonds. The molecule has 1 aromatic carbocycles. The zero-order chi connectivity index (χ0) is 22.5. The largest absolute Gasteiger partial charge is 0.356 e. The number of amides is 1. The number of halogens is 1. The second-order valence-electron chi connectivity index (χ2n) is 7.06. The van der Waals surface area contributed by atoms with Crippen molar-refractivity contribution in [1.29, 1.82) is 0 Å². The Labute approximate surface area is 182 Å². The van der Waals surface area contributed by atoms with Crippen molar-refractivity contribution >= 4 is 23.0 Å². The van der Waals surface area contributed by atoms with Crippen LogP contribution in [0.15, 0.2) is 53.6 Å². The number of benzene rings is 1. The summed E-state index contributed by atoms with van der Waals surface area (Å²) >= 11 is 0. The zero-order valence-electron chi connectivity index (χ0n) is 17.2. The predicted molar refractivity (Wildman–Crippen MR) is 117 cm³/mol. The average Bonchev–Trinajstić information content (AvgIpc) is 2.78. The number of carbonyl (C=O) groups is 1. The number of anilines is 1. The second kappa shape index (κ2) is 9.29. The van der Waals surface area contributed by atoms with Crippen molar-refractivity contribution in [1.82, 2.24) is 30.2 Å². The van der Waals surface area contributed by atoms with Gasteiger partial charge in [-0.05, 0) is 29.8 Å². The van der Waals surface area contributed by atoms with Gasteiger partial charge in [-0.15, -0.1) is 0 Å². The first-order valence-electron chi connectivity index (χ1n) is 9.93. The second-order valence-corrected chi connectivity index (χ2v) is 7.06. The number of nitrogens with one attached hydrogen (secondary N) is 3. The molecule has 32 heavy (non-hydrogen) atoms. The van der Waals surface area contributed by atoms with Crippen LogP contribution in [-0.2, 0) is 17.8 Å². The van der Waals surface area contributed by atoms with E-state index >= 15 is 0 Å². The molecule has 4 rings (SSSR count). The summed E-state index contributed by atoms with van der Waals surface area (Å²) in [5, 5.41) is 5.82. The summed E-state index contributed by atoms with van der Waals surface area (Å²) in [7, 11) is 0. The van der Waals surface area contributed by atoms with E-state index in [0.717, 1.165) is 5.56 Å². The standard InChI is InChI=1S/C22H20FN7O2/c1-13(31)25-10-8-17-19-20(29-21(32)18(28-19)15-3-2-9-24-12-15)30-22(27-17)26-11-14-4-6-16(23)7-5-14/h2-7,9,12H,8,10-11H2,1H3,(H,25,31)(H2,26,27,29,30,32). The third-order valence-corrected chi connectivity index (χ3v) is 4.66. The van der Waals surface area contributed by atoms with Gasteiger partial charge in [-0.3, -0.25) is 14.6 Å². The molecule has 0 atom stereocenters. The van der Waals surface area contributed by atoms with E-state index in [9.17, 15) is 14.0 Å². The molecule has 3 heterocycles. The lowest BCUT2D eigenvalue weighted by atomic mass is 10.2. The molecule has 3 N–H and O–H groups in total. The van der Waals surface area contributed by atoms with Gasteiger partial charge >= 0.3 is 0 Å². The van der Waals surface area contributed by atoms with Gasteiger partial charge in [-0.25, -0.2) is 14.4 Å². The van der Waals surface area contributed by atoms with Crippen molar-refractivity contribution in [2.24, 2.45) is 0 Å². The fourth-order valence-corrected chi connectivity index (χ4v) is 3.13. The number of nitrogens with zero attached hydrogens (tertiary/aromatic N) is 4. The summed E-state index contributed by atoms with van der Waals surface area (Å²) in [6.07, 6.45) is 3.55. The molecule has 0 saturated heterocycles. The van der Waals surface area contributed by atoms with Crippen LogP contribution >= 0.6 is 0 Å². The van der Waals surface area contributed by atoms with E-state index in [1.807, 2.05) is 0 Å². The van der Waals surface area contributed by atoms with Crippen LogP contribution < -0.4 is 16.2 Å². The quantitative estimate of drug-likeness (QED) is 0.408. The Balaban J connectivity index is 1.71. The Morgan fingerprint density at radius 1 is 1.12 bits per heavy atom. The predicted octanol–water partition coefficient (Wildman–Crippen LogP) is 2.20. The van der Waals surface area contributed by atoms with Crippen molar-refractivity contribution in [3.05, 3.63) is 76.2 Å². The minimum atomic E-state index is -0.401. The maximum absolute atomic E-state index is 13.1. The van der Waals surface area contributed by atoms with Crippen LogP contribution in [0.25, 0.3) is 22.4 Å². The lowest BCUT2D eigenvalue weighted by Gasteiger charge is -2.11. The van der Waals surface area contributed by atoms with Crippen LogP contribution in [-0.4, -0.2) is 37.4 Å². The third-order valence-electron chi connectivity index (χ3n) is 4.66. The van der Waals surface area contributed by atoms with Crippen LogP contribution in [0.3, 0.4) is 0 Å². The number of hydrogen-bond acceptors (Lipinski definition) is 7. The van der Waals surface area contributed by atoms with Gasteiger partial charge in [0, 0.05) is 44.4 Å². The highest BCUT2D eigenvalue weighted by atomic mass is 19.1. The van der Waals surface area contributed by atoms with E-state index in [4.69, 9.17) is 0 Å². The van der Waals surface area contributed by atoms with Crippen molar-refractivity contribution in [2.75, 3.05) is 11.9 Å². The number of aromatic nitrogens is 5. The molecule has 0 bridgehead atoms. The van der Waals surface area contributed by atoms with Gasteiger partial charge in [-0.2, -0.15) is 4.98 Å². The highest BCUT2D eigenvalue weighted by Gasteiger charge is 2.15. The Hall–Kier alpha value is -4.21. The molecule has 10 heteroatoms. The SMILES string of the molecule is CC(=O)NCCc1nc(NCc2ccc(F)cc2)nc2[nH]c(=O)c(-c3cccnc3)nc12. The van der Waals surface area contributed by atoms with Gasteiger partial charge < -0.3 is 15.6 Å². The van der Waals surface area contributed by atoms with Crippen molar-refractivity contribution < 1.29 is 9.18 Å². The topological polar surface area (TPSA) is 126 Å². The third kappa shape index (κ3) is 4.91. The maximum atomic E-state index is 13.1. The van der Waals surface area contributed by atoms with E-state index in [1.54, 1.807) is 36.7 Å². The Bertz CT molecular complexity index is 1310. The monoisotopic (exact) mass is 433 g/mol. The van der Waals surface area contributed by atoms with Crippen LogP contribution in [0.5, 0.6) is 0 Å². The molecule has 4 aromatic rings. The highest BCUT2D eigenvalue weighted by molar-refractivity contribution is 5.77. The molecule has 0 unspecified atom stereocenters. The number of fused-ring (bicyclic) bond motifs is 1. The van der Waals surface area contributed by atoms with Crippen molar-refractivity contribution in [3.63, 3.8) is 0 Å². The number of H-pyrrole nitrogens is 1. The molecule has 0 aliphatic carbocycles. The van der Waals surface area contributed by atoms with Crippen LogP contribution in [0.1, 0.15) is 18.2 Å². The minimum absolute atomic E-state index is 0.157. The fraction of sp³-hybridized carbons (Fsp3) is 0.182. The first-order chi connectivity index (χ1) is 15.5. The molecule has 0 aliphatic rings. The van der Waals surface area contributed by atoms with Crippen LogP contribution in [0.2, 0.25) is 0 Å². The molecular formula is C22H20FN7O2. The average molecular weight is 433 g/mol. The molecule has 0 spiro atoms. The van der Waals surface area contributed by atoms with E-state index in [-0.39, 0.29) is 29.0 Å². The smallest absolute Gasteiger partial charge is 0.276 e. The Kier molecular flexibility index (Phi) is 6.11. The summed E-state index contributed by atoms with van der Waals surface area (Å²) in [6.45, 7) is 2.15. The van der Waals surface area contributed by atoms with Crippen LogP contribution in [0, 0.1) is 5.82 Å². The lowest BCUT2D eigenvalue weighted by Crippen LogP contribution is -2.23. The van der Waals surface area contributed by atoms with Gasteiger partial charge in [0.05, 0.1) is 5.69 Å².